The molecule has 2 heteroatoms. The van der Waals surface area contributed by atoms with E-state index in [1.165, 1.54) is 22.3 Å². The van der Waals surface area contributed by atoms with Gasteiger partial charge in [-0.15, -0.1) is 0 Å². The van der Waals surface area contributed by atoms with Gasteiger partial charge in [0, 0.05) is 0 Å². The van der Waals surface area contributed by atoms with Gasteiger partial charge in [-0.2, -0.15) is 0 Å². The highest BCUT2D eigenvalue weighted by Crippen LogP contribution is 2.45. The average molecular weight is 477 g/mol. The molecule has 184 valence electrons. The SMILES string of the molecule is O[C@@H]1[C@H](O)[C@H](Cc2ccccc2)[C@H](Cc2ccccc2)[C@H](Cc2ccccc2)[C@@H]1Cc1ccccc1. The lowest BCUT2D eigenvalue weighted by Crippen LogP contribution is -2.55. The van der Waals surface area contributed by atoms with Crippen molar-refractivity contribution in [1.82, 2.24) is 0 Å². The first-order valence-electron chi connectivity index (χ1n) is 13.2. The lowest BCUT2D eigenvalue weighted by molar-refractivity contribution is -0.126. The average Bonchev–Trinajstić information content (AvgIpc) is 2.93. The van der Waals surface area contributed by atoms with E-state index < -0.39 is 12.2 Å². The Labute approximate surface area is 215 Å². The summed E-state index contributed by atoms with van der Waals surface area (Å²) < 4.78 is 0. The molecule has 0 saturated heterocycles. The van der Waals surface area contributed by atoms with Crippen molar-refractivity contribution in [3.05, 3.63) is 144 Å². The summed E-state index contributed by atoms with van der Waals surface area (Å²) in [6.07, 6.45) is 1.79. The van der Waals surface area contributed by atoms with E-state index >= 15 is 0 Å². The van der Waals surface area contributed by atoms with Crippen molar-refractivity contribution >= 4 is 0 Å². The van der Waals surface area contributed by atoms with Crippen LogP contribution in [0.4, 0.5) is 0 Å². The summed E-state index contributed by atoms with van der Waals surface area (Å²) in [5.74, 6) is 0.423. The molecule has 4 aromatic rings. The van der Waals surface area contributed by atoms with Gasteiger partial charge in [0.25, 0.3) is 0 Å². The summed E-state index contributed by atoms with van der Waals surface area (Å²) in [6, 6.07) is 42.2. The molecule has 0 aromatic heterocycles. The monoisotopic (exact) mass is 476 g/mol. The van der Waals surface area contributed by atoms with Crippen molar-refractivity contribution in [3.8, 4) is 0 Å². The second kappa shape index (κ2) is 11.7. The van der Waals surface area contributed by atoms with Crippen molar-refractivity contribution in [1.29, 1.82) is 0 Å². The molecule has 1 aliphatic carbocycles. The molecular formula is C34H36O2. The second-order valence-corrected chi connectivity index (χ2v) is 10.4. The van der Waals surface area contributed by atoms with Crippen LogP contribution in [0.1, 0.15) is 22.3 Å². The van der Waals surface area contributed by atoms with E-state index in [0.717, 1.165) is 25.7 Å². The maximum Gasteiger partial charge on any atom is 0.0836 e. The predicted octanol–water partition coefficient (Wildman–Crippen LogP) is 6.16. The van der Waals surface area contributed by atoms with Crippen LogP contribution in [0.3, 0.4) is 0 Å². The topological polar surface area (TPSA) is 40.5 Å². The van der Waals surface area contributed by atoms with Gasteiger partial charge in [0.05, 0.1) is 12.2 Å². The van der Waals surface area contributed by atoms with E-state index in [-0.39, 0.29) is 23.7 Å². The quantitative estimate of drug-likeness (QED) is 0.320. The molecular weight excluding hydrogens is 440 g/mol. The zero-order chi connectivity index (χ0) is 24.7. The Morgan fingerprint density at radius 2 is 0.556 bits per heavy atom. The molecule has 0 aliphatic heterocycles. The molecule has 6 atom stereocenters. The molecule has 0 unspecified atom stereocenters. The molecule has 0 heterocycles. The largest absolute Gasteiger partial charge is 0.390 e. The van der Waals surface area contributed by atoms with Crippen LogP contribution >= 0.6 is 0 Å². The van der Waals surface area contributed by atoms with Crippen LogP contribution in [-0.4, -0.2) is 22.4 Å². The number of hydrogen-bond acceptors (Lipinski definition) is 2. The molecule has 2 N–H and O–H groups in total. The van der Waals surface area contributed by atoms with Crippen LogP contribution < -0.4 is 0 Å². The first-order chi connectivity index (χ1) is 17.7. The minimum atomic E-state index is -0.764. The number of rotatable bonds is 8. The molecule has 1 fully saturated rings. The Balaban J connectivity index is 1.55. The lowest BCUT2D eigenvalue weighted by atomic mass is 9.58. The summed E-state index contributed by atoms with van der Waals surface area (Å²) in [7, 11) is 0. The molecule has 0 spiro atoms. The highest BCUT2D eigenvalue weighted by Gasteiger charge is 2.48. The van der Waals surface area contributed by atoms with E-state index in [1.807, 2.05) is 12.1 Å². The Morgan fingerprint density at radius 1 is 0.333 bits per heavy atom. The normalized spacial score (nSPS) is 25.9. The van der Waals surface area contributed by atoms with Crippen molar-refractivity contribution in [2.45, 2.75) is 37.9 Å². The van der Waals surface area contributed by atoms with Gasteiger partial charge in [-0.3, -0.25) is 0 Å². The molecule has 0 radical (unpaired) electrons. The van der Waals surface area contributed by atoms with Crippen LogP contribution in [0.2, 0.25) is 0 Å². The molecule has 0 bridgehead atoms. The highest BCUT2D eigenvalue weighted by molar-refractivity contribution is 5.23. The van der Waals surface area contributed by atoms with Gasteiger partial charge in [-0.1, -0.05) is 121 Å². The minimum absolute atomic E-state index is 0.0247. The first kappa shape index (κ1) is 24.5. The van der Waals surface area contributed by atoms with Crippen LogP contribution in [0.15, 0.2) is 121 Å². The van der Waals surface area contributed by atoms with Crippen LogP contribution in [0, 0.1) is 23.7 Å². The standard InChI is InChI=1S/C34H36O2/c35-33-31(23-27-17-9-3-10-18-27)29(21-25-13-5-1-6-14-25)30(22-26-15-7-2-8-16-26)32(34(33)36)24-28-19-11-4-12-20-28/h1-20,29-36H,21-24H2/t29-,30+,31-,32+,33-,34+. The van der Waals surface area contributed by atoms with Gasteiger partial charge in [0.2, 0.25) is 0 Å². The van der Waals surface area contributed by atoms with Crippen LogP contribution in [0.25, 0.3) is 0 Å². The molecule has 1 aliphatic rings. The number of hydrogen-bond donors (Lipinski definition) is 2. The molecule has 0 amide bonds. The Kier molecular flexibility index (Phi) is 7.95. The summed E-state index contributed by atoms with van der Waals surface area (Å²) in [6.45, 7) is 0. The molecule has 4 aromatic carbocycles. The number of benzene rings is 4. The van der Waals surface area contributed by atoms with E-state index in [2.05, 4.69) is 109 Å². The predicted molar refractivity (Wildman–Crippen MR) is 147 cm³/mol. The highest BCUT2D eigenvalue weighted by atomic mass is 16.3. The van der Waals surface area contributed by atoms with Gasteiger partial charge in [0.1, 0.15) is 0 Å². The zero-order valence-electron chi connectivity index (χ0n) is 20.7. The van der Waals surface area contributed by atoms with E-state index in [1.54, 1.807) is 0 Å². The third-order valence-corrected chi connectivity index (χ3v) is 8.13. The number of aliphatic hydroxyl groups is 2. The fourth-order valence-corrected chi connectivity index (χ4v) is 6.34. The van der Waals surface area contributed by atoms with Gasteiger partial charge in [-0.05, 0) is 71.6 Å². The third-order valence-electron chi connectivity index (χ3n) is 8.13. The van der Waals surface area contributed by atoms with Crippen molar-refractivity contribution < 1.29 is 10.2 Å². The maximum atomic E-state index is 11.6. The smallest absolute Gasteiger partial charge is 0.0836 e. The maximum absolute atomic E-state index is 11.6. The number of aliphatic hydroxyl groups excluding tert-OH is 2. The second-order valence-electron chi connectivity index (χ2n) is 10.4. The van der Waals surface area contributed by atoms with Gasteiger partial charge in [0.15, 0.2) is 0 Å². The van der Waals surface area contributed by atoms with Crippen molar-refractivity contribution in [3.63, 3.8) is 0 Å². The Hall–Kier alpha value is -3.20. The van der Waals surface area contributed by atoms with Crippen molar-refractivity contribution in [2.24, 2.45) is 23.7 Å². The molecule has 2 nitrogen and oxygen atoms in total. The minimum Gasteiger partial charge on any atom is -0.390 e. The summed E-state index contributed by atoms with van der Waals surface area (Å²) >= 11 is 0. The summed E-state index contributed by atoms with van der Waals surface area (Å²) in [5, 5.41) is 23.3. The van der Waals surface area contributed by atoms with Crippen molar-refractivity contribution in [2.75, 3.05) is 0 Å². The first-order valence-corrected chi connectivity index (χ1v) is 13.2. The summed E-state index contributed by atoms with van der Waals surface area (Å²) in [5.41, 5.74) is 5.01. The van der Waals surface area contributed by atoms with E-state index in [4.69, 9.17) is 0 Å². The van der Waals surface area contributed by atoms with E-state index in [9.17, 15) is 10.2 Å². The Morgan fingerprint density at radius 3 is 0.806 bits per heavy atom. The van der Waals surface area contributed by atoms with Gasteiger partial charge in [-0.25, -0.2) is 0 Å². The van der Waals surface area contributed by atoms with Gasteiger partial charge < -0.3 is 10.2 Å². The molecule has 5 rings (SSSR count). The van der Waals surface area contributed by atoms with Crippen LogP contribution in [0.5, 0.6) is 0 Å². The lowest BCUT2D eigenvalue weighted by Gasteiger charge is -2.49. The fourth-order valence-electron chi connectivity index (χ4n) is 6.34. The molecule has 36 heavy (non-hydrogen) atoms. The van der Waals surface area contributed by atoms with E-state index in [0.29, 0.717) is 0 Å². The fraction of sp³-hybridized carbons (Fsp3) is 0.294. The van der Waals surface area contributed by atoms with Crippen LogP contribution in [-0.2, 0) is 25.7 Å². The zero-order valence-corrected chi connectivity index (χ0v) is 20.7. The summed E-state index contributed by atoms with van der Waals surface area (Å²) in [4.78, 5) is 0. The molecule has 1 saturated carbocycles. The third kappa shape index (κ3) is 5.78. The Bertz CT molecular complexity index is 1080. The van der Waals surface area contributed by atoms with Gasteiger partial charge >= 0.3 is 0 Å².